The molecule has 31 heavy (non-hydrogen) atoms. The lowest BCUT2D eigenvalue weighted by molar-refractivity contribution is -0.121. The Kier molecular flexibility index (Phi) is 8.46. The fourth-order valence-electron chi connectivity index (χ4n) is 3.01. The number of rotatable bonds is 11. The van der Waals surface area contributed by atoms with Crippen LogP contribution in [0, 0.1) is 11.6 Å². The van der Waals surface area contributed by atoms with Crippen molar-refractivity contribution in [2.24, 2.45) is 0 Å². The van der Waals surface area contributed by atoms with Crippen molar-refractivity contribution in [1.82, 2.24) is 14.7 Å². The first-order valence-corrected chi connectivity index (χ1v) is 11.1. The summed E-state index contributed by atoms with van der Waals surface area (Å²) in [6, 6.07) is 12.4. The maximum Gasteiger partial charge on any atom is 0.222 e. The van der Waals surface area contributed by atoms with Crippen LogP contribution in [0.5, 0.6) is 0 Å². The van der Waals surface area contributed by atoms with E-state index in [9.17, 15) is 13.6 Å². The summed E-state index contributed by atoms with van der Waals surface area (Å²) in [7, 11) is 0. The highest BCUT2D eigenvalue weighted by atomic mass is 32.1. The number of amides is 1. The van der Waals surface area contributed by atoms with Crippen molar-refractivity contribution in [2.45, 2.75) is 39.2 Å². The Labute approximate surface area is 185 Å². The topological polar surface area (TPSA) is 58.1 Å². The zero-order valence-corrected chi connectivity index (χ0v) is 18.3. The third-order valence-electron chi connectivity index (χ3n) is 4.80. The van der Waals surface area contributed by atoms with Crippen molar-refractivity contribution in [3.8, 4) is 0 Å². The molecular formula is C23H26F2N4OS. The number of nitrogens with one attached hydrogen (secondary N) is 1. The summed E-state index contributed by atoms with van der Waals surface area (Å²) in [6.45, 7) is 3.83. The SMILES string of the molecule is CCCCN(CCC(=O)NCc1ccc(F)cc1)c1nc(Cc2ccc(F)cc2)ns1. The highest BCUT2D eigenvalue weighted by molar-refractivity contribution is 7.09. The second kappa shape index (κ2) is 11.5. The molecule has 0 aliphatic heterocycles. The summed E-state index contributed by atoms with van der Waals surface area (Å²) in [5, 5.41) is 3.66. The minimum Gasteiger partial charge on any atom is -0.352 e. The number of anilines is 1. The Morgan fingerprint density at radius 1 is 1.00 bits per heavy atom. The van der Waals surface area contributed by atoms with Crippen LogP contribution in [0.1, 0.15) is 43.1 Å². The van der Waals surface area contributed by atoms with E-state index in [0.717, 1.165) is 35.6 Å². The maximum atomic E-state index is 13.1. The largest absolute Gasteiger partial charge is 0.352 e. The van der Waals surface area contributed by atoms with Gasteiger partial charge in [-0.1, -0.05) is 37.6 Å². The minimum atomic E-state index is -0.294. The summed E-state index contributed by atoms with van der Waals surface area (Å²) < 4.78 is 30.5. The molecule has 8 heteroatoms. The lowest BCUT2D eigenvalue weighted by atomic mass is 10.1. The zero-order valence-electron chi connectivity index (χ0n) is 17.5. The van der Waals surface area contributed by atoms with E-state index >= 15 is 0 Å². The summed E-state index contributed by atoms with van der Waals surface area (Å²) in [6.07, 6.45) is 2.90. The van der Waals surface area contributed by atoms with Gasteiger partial charge in [0.1, 0.15) is 17.5 Å². The van der Waals surface area contributed by atoms with Crippen molar-refractivity contribution >= 4 is 22.6 Å². The van der Waals surface area contributed by atoms with Crippen molar-refractivity contribution in [3.05, 3.63) is 77.1 Å². The molecule has 0 spiro atoms. The molecule has 0 radical (unpaired) electrons. The summed E-state index contributed by atoms with van der Waals surface area (Å²) in [4.78, 5) is 19.0. The second-order valence-electron chi connectivity index (χ2n) is 7.29. The molecule has 0 fully saturated rings. The molecule has 1 amide bonds. The molecule has 164 valence electrons. The number of hydrogen-bond acceptors (Lipinski definition) is 5. The highest BCUT2D eigenvalue weighted by Gasteiger charge is 2.14. The van der Waals surface area contributed by atoms with Gasteiger partial charge in [-0.25, -0.2) is 13.8 Å². The Morgan fingerprint density at radius 2 is 1.65 bits per heavy atom. The zero-order chi connectivity index (χ0) is 22.1. The van der Waals surface area contributed by atoms with Gasteiger partial charge in [0.2, 0.25) is 11.0 Å². The average Bonchev–Trinajstić information content (AvgIpc) is 3.23. The number of benzene rings is 2. The minimum absolute atomic E-state index is 0.0677. The lowest BCUT2D eigenvalue weighted by Crippen LogP contribution is -2.31. The number of nitrogens with zero attached hydrogens (tertiary/aromatic N) is 3. The van der Waals surface area contributed by atoms with Crippen LogP contribution in [-0.2, 0) is 17.8 Å². The first-order chi connectivity index (χ1) is 15.0. The normalized spacial score (nSPS) is 10.8. The molecule has 0 aliphatic rings. The van der Waals surface area contributed by atoms with Gasteiger partial charge < -0.3 is 10.2 Å². The quantitative estimate of drug-likeness (QED) is 0.465. The van der Waals surface area contributed by atoms with E-state index in [1.807, 2.05) is 0 Å². The Balaban J connectivity index is 1.54. The fourth-order valence-corrected chi connectivity index (χ4v) is 3.75. The molecule has 5 nitrogen and oxygen atoms in total. The van der Waals surface area contributed by atoms with Crippen LogP contribution in [0.15, 0.2) is 48.5 Å². The van der Waals surface area contributed by atoms with Crippen LogP contribution >= 0.6 is 11.5 Å². The van der Waals surface area contributed by atoms with Crippen molar-refractivity contribution in [3.63, 3.8) is 0 Å². The Hall–Kier alpha value is -2.87. The van der Waals surface area contributed by atoms with E-state index < -0.39 is 0 Å². The van der Waals surface area contributed by atoms with Crippen molar-refractivity contribution < 1.29 is 13.6 Å². The number of carbonyl (C=O) groups is 1. The average molecular weight is 445 g/mol. The molecule has 3 aromatic rings. The van der Waals surface area contributed by atoms with Crippen LogP contribution in [0.25, 0.3) is 0 Å². The molecule has 1 heterocycles. The third kappa shape index (κ3) is 7.40. The van der Waals surface area contributed by atoms with Crippen LogP contribution in [0.3, 0.4) is 0 Å². The van der Waals surface area contributed by atoms with Crippen LogP contribution in [0.4, 0.5) is 13.9 Å². The summed E-state index contributed by atoms with van der Waals surface area (Å²) >= 11 is 1.32. The highest BCUT2D eigenvalue weighted by Crippen LogP contribution is 2.20. The smallest absolute Gasteiger partial charge is 0.222 e. The van der Waals surface area contributed by atoms with E-state index in [-0.39, 0.29) is 17.5 Å². The monoisotopic (exact) mass is 444 g/mol. The van der Waals surface area contributed by atoms with E-state index in [2.05, 4.69) is 26.5 Å². The first-order valence-electron chi connectivity index (χ1n) is 10.4. The maximum absolute atomic E-state index is 13.1. The fraction of sp³-hybridized carbons (Fsp3) is 0.348. The van der Waals surface area contributed by atoms with E-state index in [1.165, 1.54) is 35.8 Å². The first kappa shape index (κ1) is 22.8. The lowest BCUT2D eigenvalue weighted by Gasteiger charge is -2.20. The molecule has 1 N–H and O–H groups in total. The number of carbonyl (C=O) groups excluding carboxylic acids is 1. The van der Waals surface area contributed by atoms with E-state index in [1.54, 1.807) is 24.3 Å². The van der Waals surface area contributed by atoms with Gasteiger partial charge in [0.05, 0.1) is 0 Å². The number of unbranched alkanes of at least 4 members (excludes halogenated alkanes) is 1. The summed E-state index contributed by atoms with van der Waals surface area (Å²) in [5.74, 6) is 0.0624. The molecule has 0 unspecified atom stereocenters. The van der Waals surface area contributed by atoms with Crippen molar-refractivity contribution in [2.75, 3.05) is 18.0 Å². The van der Waals surface area contributed by atoms with Gasteiger partial charge in [-0.05, 0) is 41.8 Å². The summed E-state index contributed by atoms with van der Waals surface area (Å²) in [5.41, 5.74) is 1.80. The number of aromatic nitrogens is 2. The van der Waals surface area contributed by atoms with Crippen LogP contribution < -0.4 is 10.2 Å². The van der Waals surface area contributed by atoms with Gasteiger partial charge in [0.25, 0.3) is 0 Å². The molecule has 0 aliphatic carbocycles. The van der Waals surface area contributed by atoms with Crippen LogP contribution in [-0.4, -0.2) is 28.4 Å². The van der Waals surface area contributed by atoms with Gasteiger partial charge in [-0.2, -0.15) is 4.37 Å². The predicted octanol–water partition coefficient (Wildman–Crippen LogP) is 4.72. The Morgan fingerprint density at radius 3 is 2.29 bits per heavy atom. The molecule has 0 saturated heterocycles. The second-order valence-corrected chi connectivity index (χ2v) is 8.02. The van der Waals surface area contributed by atoms with Gasteiger partial charge in [-0.3, -0.25) is 4.79 Å². The van der Waals surface area contributed by atoms with Crippen molar-refractivity contribution in [1.29, 1.82) is 0 Å². The molecule has 0 atom stereocenters. The number of halogens is 2. The number of hydrogen-bond donors (Lipinski definition) is 1. The standard InChI is InChI=1S/C23H26F2N4OS/c1-2-3-13-29(14-12-22(30)26-16-18-6-10-20(25)11-7-18)23-27-21(28-31-23)15-17-4-8-19(24)9-5-17/h4-11H,2-3,12-16H2,1H3,(H,26,30). The third-order valence-corrected chi connectivity index (χ3v) is 5.61. The van der Waals surface area contributed by atoms with E-state index in [0.29, 0.717) is 31.8 Å². The van der Waals surface area contributed by atoms with Gasteiger partial charge in [0.15, 0.2) is 0 Å². The molecule has 1 aromatic heterocycles. The van der Waals surface area contributed by atoms with Gasteiger partial charge >= 0.3 is 0 Å². The van der Waals surface area contributed by atoms with Gasteiger partial charge in [-0.15, -0.1) is 0 Å². The molecule has 3 rings (SSSR count). The van der Waals surface area contributed by atoms with E-state index in [4.69, 9.17) is 0 Å². The molecular weight excluding hydrogens is 418 g/mol. The van der Waals surface area contributed by atoms with Gasteiger partial charge in [0, 0.05) is 44.0 Å². The predicted molar refractivity (Wildman–Crippen MR) is 119 cm³/mol. The Bertz CT molecular complexity index is 960. The molecule has 2 aromatic carbocycles. The molecule has 0 saturated carbocycles. The molecule has 0 bridgehead atoms. The van der Waals surface area contributed by atoms with Crippen LogP contribution in [0.2, 0.25) is 0 Å².